The van der Waals surface area contributed by atoms with Gasteiger partial charge in [0.2, 0.25) is 0 Å². The fourth-order valence-corrected chi connectivity index (χ4v) is 4.76. The molecule has 162 valence electrons. The third kappa shape index (κ3) is 5.37. The summed E-state index contributed by atoms with van der Waals surface area (Å²) in [5.74, 6) is 1.89. The predicted molar refractivity (Wildman–Crippen MR) is 124 cm³/mol. The summed E-state index contributed by atoms with van der Waals surface area (Å²) in [4.78, 5) is 29.0. The van der Waals surface area contributed by atoms with E-state index in [-0.39, 0.29) is 18.4 Å². The van der Waals surface area contributed by atoms with E-state index in [1.165, 1.54) is 16.7 Å². The van der Waals surface area contributed by atoms with E-state index in [1.807, 2.05) is 29.2 Å². The Labute approximate surface area is 191 Å². The third-order valence-corrected chi connectivity index (χ3v) is 6.82. The Morgan fingerprint density at radius 1 is 1.26 bits per heavy atom. The zero-order chi connectivity index (χ0) is 21.8. The van der Waals surface area contributed by atoms with Crippen LogP contribution < -0.4 is 4.74 Å². The van der Waals surface area contributed by atoms with Gasteiger partial charge in [-0.1, -0.05) is 43.0 Å². The average Bonchev–Trinajstić information content (AvgIpc) is 3.38. The SMILES string of the molecule is CC1CCN(C(=O)COc2ccc(/C=C3\SC(=S)N(Cc4ccco4)C3=O)cc2)CC1. The zero-order valence-electron chi connectivity index (χ0n) is 17.3. The highest BCUT2D eigenvalue weighted by molar-refractivity contribution is 8.26. The summed E-state index contributed by atoms with van der Waals surface area (Å²) in [5.41, 5.74) is 0.863. The molecule has 2 fully saturated rings. The van der Waals surface area contributed by atoms with Gasteiger partial charge < -0.3 is 14.1 Å². The van der Waals surface area contributed by atoms with Gasteiger partial charge in [-0.25, -0.2) is 0 Å². The number of carbonyl (C=O) groups excluding carboxylic acids is 2. The van der Waals surface area contributed by atoms with Gasteiger partial charge >= 0.3 is 0 Å². The second kappa shape index (κ2) is 9.70. The summed E-state index contributed by atoms with van der Waals surface area (Å²) < 4.78 is 11.5. The summed E-state index contributed by atoms with van der Waals surface area (Å²) in [7, 11) is 0. The molecule has 2 aliphatic rings. The van der Waals surface area contributed by atoms with Crippen molar-refractivity contribution in [1.29, 1.82) is 0 Å². The molecule has 0 radical (unpaired) electrons. The lowest BCUT2D eigenvalue weighted by atomic mass is 9.99. The maximum atomic E-state index is 12.7. The maximum Gasteiger partial charge on any atom is 0.266 e. The standard InChI is InChI=1S/C23H24N2O4S2/c1-16-8-10-24(11-9-16)21(26)15-29-18-6-4-17(5-7-18)13-20-22(27)25(23(30)31-20)14-19-3-2-12-28-19/h2-7,12-13,16H,8-11,14-15H2,1H3/b20-13-. The van der Waals surface area contributed by atoms with Crippen LogP contribution in [0.3, 0.4) is 0 Å². The Kier molecular flexibility index (Phi) is 6.77. The molecule has 2 aromatic rings. The first-order valence-corrected chi connectivity index (χ1v) is 11.5. The Hall–Kier alpha value is -2.58. The number of furan rings is 1. The molecule has 0 spiro atoms. The van der Waals surface area contributed by atoms with Crippen molar-refractivity contribution in [2.75, 3.05) is 19.7 Å². The first-order valence-electron chi connectivity index (χ1n) is 10.3. The Balaban J connectivity index is 1.33. The van der Waals surface area contributed by atoms with Crippen LogP contribution in [-0.4, -0.2) is 45.6 Å². The van der Waals surface area contributed by atoms with Crippen LogP contribution in [-0.2, 0) is 16.1 Å². The van der Waals surface area contributed by atoms with Crippen LogP contribution in [0.2, 0.25) is 0 Å². The van der Waals surface area contributed by atoms with E-state index in [4.69, 9.17) is 21.4 Å². The van der Waals surface area contributed by atoms with E-state index in [2.05, 4.69) is 6.92 Å². The number of hydrogen-bond donors (Lipinski definition) is 0. The molecule has 0 aliphatic carbocycles. The van der Waals surface area contributed by atoms with Crippen molar-refractivity contribution in [1.82, 2.24) is 9.80 Å². The molecule has 0 unspecified atom stereocenters. The predicted octanol–water partition coefficient (Wildman–Crippen LogP) is 4.32. The van der Waals surface area contributed by atoms with Crippen LogP contribution in [0.1, 0.15) is 31.1 Å². The molecule has 8 heteroatoms. The Bertz CT molecular complexity index is 978. The van der Waals surface area contributed by atoms with Gasteiger partial charge in [-0.2, -0.15) is 0 Å². The van der Waals surface area contributed by atoms with Gasteiger partial charge in [0.15, 0.2) is 6.61 Å². The fourth-order valence-electron chi connectivity index (χ4n) is 3.50. The lowest BCUT2D eigenvalue weighted by Crippen LogP contribution is -2.40. The first-order chi connectivity index (χ1) is 15.0. The minimum absolute atomic E-state index is 0.0243. The molecule has 3 heterocycles. The summed E-state index contributed by atoms with van der Waals surface area (Å²) in [6.07, 6.45) is 5.49. The van der Waals surface area contributed by atoms with Gasteiger partial charge in [-0.05, 0) is 54.7 Å². The number of hydrogen-bond acceptors (Lipinski definition) is 6. The van der Waals surface area contributed by atoms with E-state index >= 15 is 0 Å². The number of ether oxygens (including phenoxy) is 1. The maximum absolute atomic E-state index is 12.7. The zero-order valence-corrected chi connectivity index (χ0v) is 18.9. The van der Waals surface area contributed by atoms with Crippen molar-refractivity contribution < 1.29 is 18.7 Å². The molecule has 1 aromatic carbocycles. The molecule has 1 aromatic heterocycles. The van der Waals surface area contributed by atoms with Gasteiger partial charge in [0.1, 0.15) is 15.8 Å². The molecule has 0 saturated carbocycles. The Morgan fingerprint density at radius 3 is 2.68 bits per heavy atom. The molecule has 0 bridgehead atoms. The number of likely N-dealkylation sites (tertiary alicyclic amines) is 1. The summed E-state index contributed by atoms with van der Waals surface area (Å²) >= 11 is 6.63. The minimum Gasteiger partial charge on any atom is -0.484 e. The normalized spacial score (nSPS) is 18.8. The van der Waals surface area contributed by atoms with E-state index in [0.717, 1.165) is 31.5 Å². The van der Waals surface area contributed by atoms with Crippen molar-refractivity contribution >= 4 is 46.2 Å². The van der Waals surface area contributed by atoms with Crippen LogP contribution in [0.15, 0.2) is 52.0 Å². The van der Waals surface area contributed by atoms with Gasteiger partial charge in [-0.15, -0.1) is 0 Å². The number of rotatable bonds is 6. The number of thioether (sulfide) groups is 1. The number of nitrogens with zero attached hydrogens (tertiary/aromatic N) is 2. The van der Waals surface area contributed by atoms with Crippen LogP contribution in [0.25, 0.3) is 6.08 Å². The van der Waals surface area contributed by atoms with Crippen molar-refractivity contribution in [3.05, 3.63) is 58.9 Å². The van der Waals surface area contributed by atoms with Crippen molar-refractivity contribution in [2.24, 2.45) is 5.92 Å². The third-order valence-electron chi connectivity index (χ3n) is 5.44. The molecule has 31 heavy (non-hydrogen) atoms. The number of carbonyl (C=O) groups is 2. The van der Waals surface area contributed by atoms with E-state index in [1.54, 1.807) is 24.5 Å². The van der Waals surface area contributed by atoms with Crippen LogP contribution in [0.4, 0.5) is 0 Å². The first kappa shape index (κ1) is 21.6. The molecule has 2 aliphatic heterocycles. The summed E-state index contributed by atoms with van der Waals surface area (Å²) in [6, 6.07) is 10.9. The molecule has 4 rings (SSSR count). The molecule has 0 atom stereocenters. The minimum atomic E-state index is -0.131. The van der Waals surface area contributed by atoms with Gasteiger partial charge in [0.25, 0.3) is 11.8 Å². The van der Waals surface area contributed by atoms with Crippen molar-refractivity contribution in [3.63, 3.8) is 0 Å². The van der Waals surface area contributed by atoms with Crippen molar-refractivity contribution in [3.8, 4) is 5.75 Å². The smallest absolute Gasteiger partial charge is 0.266 e. The lowest BCUT2D eigenvalue weighted by Gasteiger charge is -2.30. The highest BCUT2D eigenvalue weighted by atomic mass is 32.2. The topological polar surface area (TPSA) is 63.0 Å². The van der Waals surface area contributed by atoms with Gasteiger partial charge in [0, 0.05) is 13.1 Å². The van der Waals surface area contributed by atoms with Crippen LogP contribution >= 0.6 is 24.0 Å². The fraction of sp³-hybridized carbons (Fsp3) is 0.348. The van der Waals surface area contributed by atoms with E-state index in [9.17, 15) is 9.59 Å². The second-order valence-corrected chi connectivity index (χ2v) is 9.44. The summed E-state index contributed by atoms with van der Waals surface area (Å²) in [6.45, 7) is 4.20. The largest absolute Gasteiger partial charge is 0.484 e. The quantitative estimate of drug-likeness (QED) is 0.477. The molecular formula is C23H24N2O4S2. The molecule has 0 N–H and O–H groups in total. The second-order valence-electron chi connectivity index (χ2n) is 7.77. The molecule has 6 nitrogen and oxygen atoms in total. The summed E-state index contributed by atoms with van der Waals surface area (Å²) in [5, 5.41) is 0. The average molecular weight is 457 g/mol. The van der Waals surface area contributed by atoms with E-state index < -0.39 is 0 Å². The monoisotopic (exact) mass is 456 g/mol. The Morgan fingerprint density at radius 2 is 2.00 bits per heavy atom. The van der Waals surface area contributed by atoms with Crippen molar-refractivity contribution in [2.45, 2.75) is 26.3 Å². The molecule has 2 saturated heterocycles. The van der Waals surface area contributed by atoms with Gasteiger partial charge in [0.05, 0.1) is 17.7 Å². The van der Waals surface area contributed by atoms with E-state index in [0.29, 0.717) is 33.2 Å². The highest BCUT2D eigenvalue weighted by Crippen LogP contribution is 2.33. The number of thiocarbonyl (C=S) groups is 1. The lowest BCUT2D eigenvalue weighted by molar-refractivity contribution is -0.134. The van der Waals surface area contributed by atoms with Crippen LogP contribution in [0, 0.1) is 5.92 Å². The highest BCUT2D eigenvalue weighted by Gasteiger charge is 2.32. The van der Waals surface area contributed by atoms with Crippen LogP contribution in [0.5, 0.6) is 5.75 Å². The molecular weight excluding hydrogens is 432 g/mol. The molecule has 2 amide bonds. The number of piperidine rings is 1. The number of benzene rings is 1. The van der Waals surface area contributed by atoms with Gasteiger partial charge in [-0.3, -0.25) is 14.5 Å². The number of amides is 2.